The van der Waals surface area contributed by atoms with Gasteiger partial charge in [0, 0.05) is 30.1 Å². The van der Waals surface area contributed by atoms with Gasteiger partial charge in [-0.2, -0.15) is 0 Å². The number of benzene rings is 1. The van der Waals surface area contributed by atoms with E-state index in [0.717, 1.165) is 30.2 Å². The van der Waals surface area contributed by atoms with Crippen LogP contribution in [0.4, 0.5) is 10.1 Å². The van der Waals surface area contributed by atoms with Gasteiger partial charge < -0.3 is 10.6 Å². The molecule has 3 nitrogen and oxygen atoms in total. The average Bonchev–Trinajstić information content (AvgIpc) is 2.38. The molecule has 0 saturated carbocycles. The number of carbonyl (C=O) groups is 1. The summed E-state index contributed by atoms with van der Waals surface area (Å²) in [7, 11) is 0. The third-order valence-corrected chi connectivity index (χ3v) is 4.06. The molecule has 1 aromatic carbocycles. The zero-order valence-electron chi connectivity index (χ0n) is 11.5. The predicted octanol–water partition coefficient (Wildman–Crippen LogP) is 3.15. The van der Waals surface area contributed by atoms with Crippen LogP contribution >= 0.6 is 11.8 Å². The number of hydrogen-bond donors (Lipinski definition) is 1. The molecule has 5 heteroatoms. The van der Waals surface area contributed by atoms with Gasteiger partial charge in [-0.05, 0) is 44.2 Å². The molecule has 106 valence electrons. The molecule has 19 heavy (non-hydrogen) atoms. The molecule has 1 aromatic rings. The molecule has 0 atom stereocenters. The van der Waals surface area contributed by atoms with E-state index in [9.17, 15) is 9.18 Å². The Morgan fingerprint density at radius 1 is 1.37 bits per heavy atom. The van der Waals surface area contributed by atoms with E-state index in [1.807, 2.05) is 18.7 Å². The minimum absolute atomic E-state index is 0.192. The molecule has 0 unspecified atom stereocenters. The minimum Gasteiger partial charge on any atom is -0.398 e. The summed E-state index contributed by atoms with van der Waals surface area (Å²) in [5.41, 5.74) is 6.18. The van der Waals surface area contributed by atoms with Crippen molar-refractivity contribution in [2.75, 3.05) is 24.6 Å². The van der Waals surface area contributed by atoms with Crippen molar-refractivity contribution in [3.05, 3.63) is 24.0 Å². The molecule has 0 aliphatic rings. The number of nitrogen functional groups attached to an aromatic ring is 1. The number of hydrogen-bond acceptors (Lipinski definition) is 3. The Bertz CT molecular complexity index is 422. The van der Waals surface area contributed by atoms with Crippen LogP contribution in [0.5, 0.6) is 0 Å². The fraction of sp³-hybridized carbons (Fsp3) is 0.500. The van der Waals surface area contributed by atoms with Crippen LogP contribution in [0.15, 0.2) is 23.1 Å². The highest BCUT2D eigenvalue weighted by molar-refractivity contribution is 7.99. The van der Waals surface area contributed by atoms with Crippen LogP contribution in [-0.4, -0.2) is 29.6 Å². The standard InChI is InChI=1S/C14H21FN2OS/c1-3-17(4-2)14(18)6-5-9-19-13-8-7-11(15)10-12(13)16/h7-8,10H,3-6,9,16H2,1-2H3. The first-order chi connectivity index (χ1) is 9.08. The van der Waals surface area contributed by atoms with Gasteiger partial charge in [0.25, 0.3) is 0 Å². The van der Waals surface area contributed by atoms with Gasteiger partial charge in [0.05, 0.1) is 0 Å². The highest BCUT2D eigenvalue weighted by Crippen LogP contribution is 2.26. The summed E-state index contributed by atoms with van der Waals surface area (Å²) in [6, 6.07) is 4.41. The van der Waals surface area contributed by atoms with Gasteiger partial charge in [-0.1, -0.05) is 0 Å². The number of nitrogens with zero attached hydrogens (tertiary/aromatic N) is 1. The van der Waals surface area contributed by atoms with Crippen LogP contribution in [0, 0.1) is 5.82 Å². The lowest BCUT2D eigenvalue weighted by Crippen LogP contribution is -2.30. The van der Waals surface area contributed by atoms with E-state index in [1.54, 1.807) is 17.8 Å². The fourth-order valence-corrected chi connectivity index (χ4v) is 2.69. The second-order valence-electron chi connectivity index (χ2n) is 4.20. The number of thioether (sulfide) groups is 1. The summed E-state index contributed by atoms with van der Waals surface area (Å²) >= 11 is 1.56. The van der Waals surface area contributed by atoms with Gasteiger partial charge in [0.1, 0.15) is 5.82 Å². The fourth-order valence-electron chi connectivity index (χ4n) is 1.79. The molecule has 0 radical (unpaired) electrons. The molecular formula is C14H21FN2OS. The Balaban J connectivity index is 2.33. The lowest BCUT2D eigenvalue weighted by molar-refractivity contribution is -0.130. The number of anilines is 1. The van der Waals surface area contributed by atoms with E-state index in [4.69, 9.17) is 5.73 Å². The summed E-state index contributed by atoms with van der Waals surface area (Å²) in [6.07, 6.45) is 1.35. The maximum atomic E-state index is 12.9. The summed E-state index contributed by atoms with van der Waals surface area (Å²) < 4.78 is 12.9. The van der Waals surface area contributed by atoms with Gasteiger partial charge in [-0.3, -0.25) is 4.79 Å². The predicted molar refractivity (Wildman–Crippen MR) is 78.7 cm³/mol. The Morgan fingerprint density at radius 2 is 2.05 bits per heavy atom. The molecule has 0 saturated heterocycles. The first kappa shape index (κ1) is 15.8. The van der Waals surface area contributed by atoms with E-state index in [-0.39, 0.29) is 11.7 Å². The Hall–Kier alpha value is -1.23. The zero-order valence-corrected chi connectivity index (χ0v) is 12.3. The number of halogens is 1. The van der Waals surface area contributed by atoms with Gasteiger partial charge in [-0.25, -0.2) is 4.39 Å². The molecule has 0 bridgehead atoms. The molecule has 0 aromatic heterocycles. The van der Waals surface area contributed by atoms with Crippen molar-refractivity contribution < 1.29 is 9.18 Å². The van der Waals surface area contributed by atoms with Gasteiger partial charge >= 0.3 is 0 Å². The second kappa shape index (κ2) is 8.04. The topological polar surface area (TPSA) is 46.3 Å². The number of nitrogens with two attached hydrogens (primary N) is 1. The van der Waals surface area contributed by atoms with E-state index >= 15 is 0 Å². The average molecular weight is 284 g/mol. The lowest BCUT2D eigenvalue weighted by atomic mass is 10.3. The molecule has 1 rings (SSSR count). The van der Waals surface area contributed by atoms with Crippen LogP contribution in [0.3, 0.4) is 0 Å². The SMILES string of the molecule is CCN(CC)C(=O)CCCSc1ccc(F)cc1N. The van der Waals surface area contributed by atoms with Gasteiger partial charge in [0.15, 0.2) is 0 Å². The van der Waals surface area contributed by atoms with E-state index in [2.05, 4.69) is 0 Å². The molecule has 0 aliphatic heterocycles. The van der Waals surface area contributed by atoms with Crippen LogP contribution in [0.2, 0.25) is 0 Å². The highest BCUT2D eigenvalue weighted by atomic mass is 32.2. The summed E-state index contributed by atoms with van der Waals surface area (Å²) in [4.78, 5) is 14.5. The first-order valence-corrected chi connectivity index (χ1v) is 7.52. The van der Waals surface area contributed by atoms with Gasteiger partial charge in [-0.15, -0.1) is 11.8 Å². The maximum absolute atomic E-state index is 12.9. The number of carbonyl (C=O) groups excluding carboxylic acids is 1. The minimum atomic E-state index is -0.321. The third kappa shape index (κ3) is 5.11. The van der Waals surface area contributed by atoms with E-state index in [1.165, 1.54) is 12.1 Å². The largest absolute Gasteiger partial charge is 0.398 e. The monoisotopic (exact) mass is 284 g/mol. The first-order valence-electron chi connectivity index (χ1n) is 6.54. The summed E-state index contributed by atoms with van der Waals surface area (Å²) in [5, 5.41) is 0. The maximum Gasteiger partial charge on any atom is 0.222 e. The van der Waals surface area contributed by atoms with Crippen molar-refractivity contribution in [3.8, 4) is 0 Å². The van der Waals surface area contributed by atoms with Crippen LogP contribution < -0.4 is 5.73 Å². The van der Waals surface area contributed by atoms with Crippen molar-refractivity contribution >= 4 is 23.4 Å². The smallest absolute Gasteiger partial charge is 0.222 e. The molecule has 0 heterocycles. The van der Waals surface area contributed by atoms with Crippen molar-refractivity contribution in [2.24, 2.45) is 0 Å². The van der Waals surface area contributed by atoms with Crippen LogP contribution in [0.1, 0.15) is 26.7 Å². The number of rotatable bonds is 7. The Morgan fingerprint density at radius 3 is 2.63 bits per heavy atom. The van der Waals surface area contributed by atoms with E-state index in [0.29, 0.717) is 12.1 Å². The van der Waals surface area contributed by atoms with Crippen molar-refractivity contribution in [1.29, 1.82) is 0 Å². The molecular weight excluding hydrogens is 263 g/mol. The third-order valence-electron chi connectivity index (χ3n) is 2.88. The van der Waals surface area contributed by atoms with Crippen molar-refractivity contribution in [2.45, 2.75) is 31.6 Å². The van der Waals surface area contributed by atoms with Crippen molar-refractivity contribution in [1.82, 2.24) is 4.90 Å². The quantitative estimate of drug-likeness (QED) is 0.475. The lowest BCUT2D eigenvalue weighted by Gasteiger charge is -2.18. The van der Waals surface area contributed by atoms with Crippen LogP contribution in [-0.2, 0) is 4.79 Å². The Labute approximate surface area is 118 Å². The van der Waals surface area contributed by atoms with Gasteiger partial charge in [0.2, 0.25) is 5.91 Å². The molecule has 1 amide bonds. The molecule has 0 aliphatic carbocycles. The summed E-state index contributed by atoms with van der Waals surface area (Å²) in [6.45, 7) is 5.48. The normalized spacial score (nSPS) is 10.5. The summed E-state index contributed by atoms with van der Waals surface area (Å²) in [5.74, 6) is 0.680. The second-order valence-corrected chi connectivity index (χ2v) is 5.34. The van der Waals surface area contributed by atoms with Crippen molar-refractivity contribution in [3.63, 3.8) is 0 Å². The Kier molecular flexibility index (Phi) is 6.70. The molecule has 0 fully saturated rings. The molecule has 0 spiro atoms. The van der Waals surface area contributed by atoms with E-state index < -0.39 is 0 Å². The number of amides is 1. The highest BCUT2D eigenvalue weighted by Gasteiger charge is 2.09. The van der Waals surface area contributed by atoms with Crippen LogP contribution in [0.25, 0.3) is 0 Å². The zero-order chi connectivity index (χ0) is 14.3. The molecule has 2 N–H and O–H groups in total.